The summed E-state index contributed by atoms with van der Waals surface area (Å²) in [5.41, 5.74) is 0.724. The monoisotopic (exact) mass is 256 g/mol. The van der Waals surface area contributed by atoms with Crippen LogP contribution in [0.5, 0.6) is 0 Å². The van der Waals surface area contributed by atoms with Gasteiger partial charge in [-0.2, -0.15) is 10.5 Å². The van der Waals surface area contributed by atoms with Gasteiger partial charge in [0.15, 0.2) is 0 Å². The van der Waals surface area contributed by atoms with E-state index in [2.05, 4.69) is 4.98 Å². The lowest BCUT2D eigenvalue weighted by atomic mass is 10.2. The zero-order valence-corrected chi connectivity index (χ0v) is 11.1. The van der Waals surface area contributed by atoms with E-state index in [1.165, 1.54) is 6.20 Å². The van der Waals surface area contributed by atoms with Crippen LogP contribution in [0, 0.1) is 28.6 Å². The van der Waals surface area contributed by atoms with Crippen LogP contribution >= 0.6 is 0 Å². The van der Waals surface area contributed by atoms with Gasteiger partial charge in [0.2, 0.25) is 0 Å². The molecule has 5 nitrogen and oxygen atoms in total. The molecule has 0 atom stereocenters. The van der Waals surface area contributed by atoms with E-state index in [1.54, 1.807) is 17.0 Å². The molecular formula is C14H16N4O. The molecule has 0 fully saturated rings. The lowest BCUT2D eigenvalue weighted by Crippen LogP contribution is -2.35. The number of pyridine rings is 1. The van der Waals surface area contributed by atoms with Gasteiger partial charge in [-0.05, 0) is 18.1 Å². The number of rotatable bonds is 5. The molecule has 0 unspecified atom stereocenters. The summed E-state index contributed by atoms with van der Waals surface area (Å²) >= 11 is 0. The van der Waals surface area contributed by atoms with Crippen molar-refractivity contribution in [2.24, 2.45) is 5.92 Å². The number of nitriles is 2. The van der Waals surface area contributed by atoms with E-state index < -0.39 is 0 Å². The second-order valence-electron chi connectivity index (χ2n) is 4.60. The molecule has 0 aromatic carbocycles. The molecule has 1 aromatic heterocycles. The predicted molar refractivity (Wildman–Crippen MR) is 69.9 cm³/mol. The van der Waals surface area contributed by atoms with Crippen molar-refractivity contribution in [1.29, 1.82) is 10.5 Å². The molecule has 0 saturated heterocycles. The summed E-state index contributed by atoms with van der Waals surface area (Å²) in [6, 6.07) is 7.11. The first-order valence-corrected chi connectivity index (χ1v) is 6.11. The number of carbonyl (C=O) groups is 1. The van der Waals surface area contributed by atoms with E-state index in [-0.39, 0.29) is 5.91 Å². The Hall–Kier alpha value is -2.40. The number of nitrogens with zero attached hydrogens (tertiary/aromatic N) is 4. The molecule has 0 aliphatic carbocycles. The van der Waals surface area contributed by atoms with Crippen molar-refractivity contribution in [3.05, 3.63) is 29.6 Å². The smallest absolute Gasteiger partial charge is 0.272 e. The highest BCUT2D eigenvalue weighted by Gasteiger charge is 2.17. The first-order valence-electron chi connectivity index (χ1n) is 6.11. The predicted octanol–water partition coefficient (Wildman–Crippen LogP) is 1.97. The summed E-state index contributed by atoms with van der Waals surface area (Å²) in [4.78, 5) is 17.9. The average Bonchev–Trinajstić information content (AvgIpc) is 2.42. The summed E-state index contributed by atoms with van der Waals surface area (Å²) in [5, 5.41) is 17.3. The molecule has 0 aliphatic rings. The highest BCUT2D eigenvalue weighted by atomic mass is 16.2. The second kappa shape index (κ2) is 7.13. The summed E-state index contributed by atoms with van der Waals surface area (Å²) < 4.78 is 0. The van der Waals surface area contributed by atoms with E-state index in [0.29, 0.717) is 36.7 Å². The van der Waals surface area contributed by atoms with Crippen molar-refractivity contribution < 1.29 is 4.79 Å². The number of carbonyl (C=O) groups excluding carboxylic acids is 1. The average molecular weight is 256 g/mol. The molecule has 0 aliphatic heterocycles. The van der Waals surface area contributed by atoms with Gasteiger partial charge >= 0.3 is 0 Å². The topological polar surface area (TPSA) is 80.8 Å². The Labute approximate surface area is 113 Å². The minimum Gasteiger partial charge on any atom is -0.336 e. The van der Waals surface area contributed by atoms with E-state index in [4.69, 9.17) is 10.5 Å². The van der Waals surface area contributed by atoms with Crippen LogP contribution in [0.3, 0.4) is 0 Å². The summed E-state index contributed by atoms with van der Waals surface area (Å²) in [5.74, 6) is 0.120. The van der Waals surface area contributed by atoms with E-state index in [9.17, 15) is 4.79 Å². The lowest BCUT2D eigenvalue weighted by Gasteiger charge is -2.23. The van der Waals surface area contributed by atoms with Crippen LogP contribution in [-0.4, -0.2) is 28.9 Å². The van der Waals surface area contributed by atoms with E-state index in [0.717, 1.165) is 0 Å². The van der Waals surface area contributed by atoms with Crippen molar-refractivity contribution in [2.45, 2.75) is 20.3 Å². The van der Waals surface area contributed by atoms with Crippen molar-refractivity contribution in [3.8, 4) is 12.1 Å². The SMILES string of the molecule is CC(C)CN(CCC#N)C(=O)c1ccc(C#N)cn1. The second-order valence-corrected chi connectivity index (χ2v) is 4.60. The van der Waals surface area contributed by atoms with Crippen molar-refractivity contribution in [1.82, 2.24) is 9.88 Å². The maximum atomic E-state index is 12.3. The Bertz CT molecular complexity index is 508. The molecule has 5 heteroatoms. The van der Waals surface area contributed by atoms with Crippen molar-refractivity contribution in [2.75, 3.05) is 13.1 Å². The molecular weight excluding hydrogens is 240 g/mol. The normalized spacial score (nSPS) is 9.74. The van der Waals surface area contributed by atoms with Crippen LogP contribution in [-0.2, 0) is 0 Å². The fraction of sp³-hybridized carbons (Fsp3) is 0.429. The van der Waals surface area contributed by atoms with Crippen LogP contribution in [0.2, 0.25) is 0 Å². The number of amides is 1. The largest absolute Gasteiger partial charge is 0.336 e. The van der Waals surface area contributed by atoms with Crippen LogP contribution in [0.1, 0.15) is 36.3 Å². The number of hydrogen-bond donors (Lipinski definition) is 0. The van der Waals surface area contributed by atoms with Gasteiger partial charge in [0.1, 0.15) is 11.8 Å². The molecule has 0 radical (unpaired) electrons. The minimum atomic E-state index is -0.201. The minimum absolute atomic E-state index is 0.201. The van der Waals surface area contributed by atoms with Crippen LogP contribution in [0.25, 0.3) is 0 Å². The Morgan fingerprint density at radius 1 is 1.42 bits per heavy atom. The Morgan fingerprint density at radius 3 is 2.63 bits per heavy atom. The van der Waals surface area contributed by atoms with Gasteiger partial charge in [-0.25, -0.2) is 4.98 Å². The lowest BCUT2D eigenvalue weighted by molar-refractivity contribution is 0.0734. The molecule has 19 heavy (non-hydrogen) atoms. The van der Waals surface area contributed by atoms with Gasteiger partial charge in [-0.15, -0.1) is 0 Å². The van der Waals surface area contributed by atoms with Gasteiger partial charge in [0.05, 0.1) is 18.1 Å². The van der Waals surface area contributed by atoms with E-state index >= 15 is 0 Å². The Morgan fingerprint density at radius 2 is 2.16 bits per heavy atom. The van der Waals surface area contributed by atoms with Crippen LogP contribution in [0.4, 0.5) is 0 Å². The molecule has 1 rings (SSSR count). The highest BCUT2D eigenvalue weighted by Crippen LogP contribution is 2.07. The summed E-state index contributed by atoms with van der Waals surface area (Å²) in [6.45, 7) is 5.01. The van der Waals surface area contributed by atoms with Crippen molar-refractivity contribution >= 4 is 5.91 Å². The molecule has 1 amide bonds. The highest BCUT2D eigenvalue weighted by molar-refractivity contribution is 5.92. The van der Waals surface area contributed by atoms with Crippen molar-refractivity contribution in [3.63, 3.8) is 0 Å². The zero-order chi connectivity index (χ0) is 14.3. The third kappa shape index (κ3) is 4.40. The molecule has 0 saturated carbocycles. The van der Waals surface area contributed by atoms with Gasteiger partial charge in [0, 0.05) is 19.3 Å². The molecule has 1 aromatic rings. The van der Waals surface area contributed by atoms with Gasteiger partial charge < -0.3 is 4.90 Å². The molecule has 0 spiro atoms. The molecule has 0 N–H and O–H groups in total. The first-order chi connectivity index (χ1) is 9.08. The Balaban J connectivity index is 2.85. The van der Waals surface area contributed by atoms with Gasteiger partial charge in [0.25, 0.3) is 5.91 Å². The third-order valence-corrected chi connectivity index (χ3v) is 2.48. The molecule has 1 heterocycles. The standard InChI is InChI=1S/C14H16N4O/c1-11(2)10-18(7-3-6-15)14(19)13-5-4-12(8-16)9-17-13/h4-5,9,11H,3,7,10H2,1-2H3. The Kier molecular flexibility index (Phi) is 5.50. The maximum Gasteiger partial charge on any atom is 0.272 e. The molecule has 0 bridgehead atoms. The van der Waals surface area contributed by atoms with Gasteiger partial charge in [-0.3, -0.25) is 4.79 Å². The van der Waals surface area contributed by atoms with Crippen LogP contribution < -0.4 is 0 Å². The number of aromatic nitrogens is 1. The third-order valence-electron chi connectivity index (χ3n) is 2.48. The quantitative estimate of drug-likeness (QED) is 0.806. The zero-order valence-electron chi connectivity index (χ0n) is 11.1. The first kappa shape index (κ1) is 14.7. The fourth-order valence-electron chi connectivity index (χ4n) is 1.65. The summed E-state index contributed by atoms with van der Waals surface area (Å²) in [7, 11) is 0. The van der Waals surface area contributed by atoms with Gasteiger partial charge in [-0.1, -0.05) is 13.8 Å². The van der Waals surface area contributed by atoms with E-state index in [1.807, 2.05) is 26.0 Å². The fourth-order valence-corrected chi connectivity index (χ4v) is 1.65. The summed E-state index contributed by atoms with van der Waals surface area (Å²) in [6.07, 6.45) is 1.68. The number of hydrogen-bond acceptors (Lipinski definition) is 4. The molecule has 98 valence electrons. The van der Waals surface area contributed by atoms with Crippen LogP contribution in [0.15, 0.2) is 18.3 Å². The maximum absolute atomic E-state index is 12.3.